The van der Waals surface area contributed by atoms with E-state index in [0.717, 1.165) is 12.8 Å². The topological polar surface area (TPSA) is 87.7 Å². The van der Waals surface area contributed by atoms with Gasteiger partial charge in [-0.05, 0) is 70.7 Å². The van der Waals surface area contributed by atoms with Gasteiger partial charge in [-0.3, -0.25) is 0 Å². The van der Waals surface area contributed by atoms with Crippen LogP contribution < -0.4 is 14.8 Å². The smallest absolute Gasteiger partial charge is 0.317 e. The molecule has 0 unspecified atom stereocenters. The first-order valence-corrected chi connectivity index (χ1v) is 10.9. The Morgan fingerprint density at radius 1 is 1.19 bits per heavy atom. The molecule has 1 aliphatic rings. The summed E-state index contributed by atoms with van der Waals surface area (Å²) in [5.41, 5.74) is -0.263. The van der Waals surface area contributed by atoms with Crippen LogP contribution in [0.4, 0.5) is 4.79 Å². The molecule has 8 heteroatoms. The van der Waals surface area contributed by atoms with Crippen molar-refractivity contribution in [1.29, 1.82) is 0 Å². The number of likely N-dealkylation sites (tertiary alicyclic amines) is 1. The van der Waals surface area contributed by atoms with Crippen LogP contribution in [-0.4, -0.2) is 51.1 Å². The maximum absolute atomic E-state index is 12.4. The Bertz CT molecular complexity index is 718. The Morgan fingerprint density at radius 2 is 1.78 bits per heavy atom. The van der Waals surface area contributed by atoms with Gasteiger partial charge in [0.15, 0.2) is 0 Å². The number of hydrogen-bond acceptors (Lipinski definition) is 4. The molecule has 1 aliphatic heterocycles. The van der Waals surface area contributed by atoms with Crippen LogP contribution in [0, 0.1) is 5.92 Å². The fourth-order valence-electron chi connectivity index (χ4n) is 2.93. The molecule has 152 valence electrons. The van der Waals surface area contributed by atoms with Crippen LogP contribution in [0.15, 0.2) is 29.2 Å². The number of urea groups is 1. The number of ether oxygens (including phenoxy) is 1. The standard InChI is InChI=1S/C19H31N3O4S/c1-5-26-16-6-8-17(9-7-16)27(24,25)20-14-15-10-12-22(13-11-15)18(23)21-19(2,3)4/h6-9,15,20H,5,10-14H2,1-4H3,(H,21,23). The number of rotatable bonds is 6. The van der Waals surface area contributed by atoms with Crippen LogP contribution in [0.1, 0.15) is 40.5 Å². The fourth-order valence-corrected chi connectivity index (χ4v) is 4.05. The van der Waals surface area contributed by atoms with Crippen molar-refractivity contribution in [1.82, 2.24) is 14.9 Å². The Hall–Kier alpha value is -1.80. The van der Waals surface area contributed by atoms with E-state index < -0.39 is 10.0 Å². The Balaban J connectivity index is 1.82. The first-order chi connectivity index (χ1) is 12.6. The average molecular weight is 398 g/mol. The van der Waals surface area contributed by atoms with Crippen molar-refractivity contribution in [2.75, 3.05) is 26.2 Å². The van der Waals surface area contributed by atoms with Gasteiger partial charge in [0.1, 0.15) is 5.75 Å². The Kier molecular flexibility index (Phi) is 7.11. The van der Waals surface area contributed by atoms with E-state index in [1.54, 1.807) is 29.2 Å². The Morgan fingerprint density at radius 3 is 2.30 bits per heavy atom. The summed E-state index contributed by atoms with van der Waals surface area (Å²) < 4.78 is 32.9. The lowest BCUT2D eigenvalue weighted by Gasteiger charge is -2.34. The van der Waals surface area contributed by atoms with Gasteiger partial charge in [-0.1, -0.05) is 0 Å². The summed E-state index contributed by atoms with van der Waals surface area (Å²) in [6, 6.07) is 6.35. The molecule has 1 aromatic rings. The van der Waals surface area contributed by atoms with Gasteiger partial charge in [0, 0.05) is 25.2 Å². The zero-order valence-electron chi connectivity index (χ0n) is 16.6. The van der Waals surface area contributed by atoms with E-state index in [9.17, 15) is 13.2 Å². The first-order valence-electron chi connectivity index (χ1n) is 9.40. The second-order valence-electron chi connectivity index (χ2n) is 7.87. The summed E-state index contributed by atoms with van der Waals surface area (Å²) in [5.74, 6) is 0.874. The maximum atomic E-state index is 12.4. The third kappa shape index (κ3) is 6.70. The van der Waals surface area contributed by atoms with E-state index in [2.05, 4.69) is 10.0 Å². The van der Waals surface area contributed by atoms with Gasteiger partial charge >= 0.3 is 6.03 Å². The molecule has 0 atom stereocenters. The van der Waals surface area contributed by atoms with Crippen molar-refractivity contribution >= 4 is 16.1 Å². The lowest BCUT2D eigenvalue weighted by atomic mass is 9.97. The second-order valence-corrected chi connectivity index (χ2v) is 9.63. The van der Waals surface area contributed by atoms with Crippen LogP contribution in [0.2, 0.25) is 0 Å². The number of piperidine rings is 1. The molecule has 0 aliphatic carbocycles. The molecule has 7 nitrogen and oxygen atoms in total. The quantitative estimate of drug-likeness (QED) is 0.772. The lowest BCUT2D eigenvalue weighted by Crippen LogP contribution is -2.51. The summed E-state index contributed by atoms with van der Waals surface area (Å²) in [5, 5.41) is 2.96. The lowest BCUT2D eigenvalue weighted by molar-refractivity contribution is 0.163. The minimum atomic E-state index is -3.54. The zero-order chi connectivity index (χ0) is 20.1. The highest BCUT2D eigenvalue weighted by atomic mass is 32.2. The van der Waals surface area contributed by atoms with E-state index in [1.807, 2.05) is 27.7 Å². The normalized spacial score (nSPS) is 16.2. The number of sulfonamides is 1. The predicted octanol–water partition coefficient (Wildman–Crippen LogP) is 2.58. The van der Waals surface area contributed by atoms with Crippen molar-refractivity contribution in [3.8, 4) is 5.75 Å². The van der Waals surface area contributed by atoms with Gasteiger partial charge in [0.25, 0.3) is 0 Å². The van der Waals surface area contributed by atoms with Crippen molar-refractivity contribution < 1.29 is 17.9 Å². The molecule has 1 aromatic carbocycles. The Labute approximate surface area is 162 Å². The van der Waals surface area contributed by atoms with Crippen LogP contribution in [0.5, 0.6) is 5.75 Å². The number of hydrogen-bond donors (Lipinski definition) is 2. The highest BCUT2D eigenvalue weighted by molar-refractivity contribution is 7.89. The van der Waals surface area contributed by atoms with E-state index in [-0.39, 0.29) is 22.4 Å². The summed E-state index contributed by atoms with van der Waals surface area (Å²) in [7, 11) is -3.54. The molecule has 0 bridgehead atoms. The van der Waals surface area contributed by atoms with Crippen LogP contribution in [-0.2, 0) is 10.0 Å². The highest BCUT2D eigenvalue weighted by Crippen LogP contribution is 2.19. The molecule has 0 spiro atoms. The number of carbonyl (C=O) groups excluding carboxylic acids is 1. The number of nitrogens with zero attached hydrogens (tertiary/aromatic N) is 1. The number of amides is 2. The molecule has 1 heterocycles. The van der Waals surface area contributed by atoms with Gasteiger partial charge in [-0.2, -0.15) is 0 Å². The molecule has 1 saturated heterocycles. The van der Waals surface area contributed by atoms with Crippen LogP contribution in [0.25, 0.3) is 0 Å². The van der Waals surface area contributed by atoms with E-state index in [4.69, 9.17) is 4.74 Å². The minimum absolute atomic E-state index is 0.0593. The molecule has 0 aromatic heterocycles. The largest absolute Gasteiger partial charge is 0.494 e. The molecular weight excluding hydrogens is 366 g/mol. The van der Waals surface area contributed by atoms with Crippen molar-refractivity contribution in [2.45, 2.75) is 51.0 Å². The zero-order valence-corrected chi connectivity index (χ0v) is 17.4. The average Bonchev–Trinajstić information content (AvgIpc) is 2.60. The summed E-state index contributed by atoms with van der Waals surface area (Å²) in [4.78, 5) is 14.2. The van der Waals surface area contributed by atoms with E-state index in [0.29, 0.717) is 32.0 Å². The van der Waals surface area contributed by atoms with Crippen molar-refractivity contribution in [2.24, 2.45) is 5.92 Å². The maximum Gasteiger partial charge on any atom is 0.317 e. The summed E-state index contributed by atoms with van der Waals surface area (Å²) in [6.45, 7) is 9.92. The molecule has 27 heavy (non-hydrogen) atoms. The van der Waals surface area contributed by atoms with Crippen LogP contribution >= 0.6 is 0 Å². The van der Waals surface area contributed by atoms with Crippen molar-refractivity contribution in [3.63, 3.8) is 0 Å². The molecular formula is C19H31N3O4S. The van der Waals surface area contributed by atoms with Crippen molar-refractivity contribution in [3.05, 3.63) is 24.3 Å². The van der Waals surface area contributed by atoms with Gasteiger partial charge < -0.3 is 15.0 Å². The first kappa shape index (κ1) is 21.5. The second kappa shape index (κ2) is 8.93. The fraction of sp³-hybridized carbons (Fsp3) is 0.632. The third-order valence-electron chi connectivity index (χ3n) is 4.39. The minimum Gasteiger partial charge on any atom is -0.494 e. The summed E-state index contributed by atoms with van der Waals surface area (Å²) >= 11 is 0. The molecule has 1 fully saturated rings. The summed E-state index contributed by atoms with van der Waals surface area (Å²) in [6.07, 6.45) is 1.56. The van der Waals surface area contributed by atoms with Gasteiger partial charge in [0.2, 0.25) is 10.0 Å². The van der Waals surface area contributed by atoms with E-state index >= 15 is 0 Å². The number of benzene rings is 1. The molecule has 2 rings (SSSR count). The monoisotopic (exact) mass is 397 g/mol. The number of nitrogens with one attached hydrogen (secondary N) is 2. The predicted molar refractivity (Wildman–Crippen MR) is 105 cm³/mol. The third-order valence-corrected chi connectivity index (χ3v) is 5.83. The van der Waals surface area contributed by atoms with Crippen LogP contribution in [0.3, 0.4) is 0 Å². The van der Waals surface area contributed by atoms with Gasteiger partial charge in [0.05, 0.1) is 11.5 Å². The molecule has 2 N–H and O–H groups in total. The highest BCUT2D eigenvalue weighted by Gasteiger charge is 2.26. The molecule has 0 radical (unpaired) electrons. The van der Waals surface area contributed by atoms with Gasteiger partial charge in [-0.15, -0.1) is 0 Å². The molecule has 0 saturated carbocycles. The van der Waals surface area contributed by atoms with E-state index in [1.165, 1.54) is 0 Å². The SMILES string of the molecule is CCOc1ccc(S(=O)(=O)NCC2CCN(C(=O)NC(C)(C)C)CC2)cc1. The van der Waals surface area contributed by atoms with Gasteiger partial charge in [-0.25, -0.2) is 17.9 Å². The number of carbonyl (C=O) groups is 1. The molecule has 2 amide bonds.